The number of hydrogen-bond acceptors (Lipinski definition) is 2. The Kier molecular flexibility index (Phi) is 7.07. The molecule has 0 fully saturated rings. The first-order chi connectivity index (χ1) is 5.83. The van der Waals surface area contributed by atoms with Gasteiger partial charge in [0.1, 0.15) is 0 Å². The number of thioether (sulfide) groups is 1. The fourth-order valence-electron chi connectivity index (χ4n) is 0.833. The molecule has 13 heavy (non-hydrogen) atoms. The molecule has 0 saturated heterocycles. The maximum absolute atomic E-state index is 7.48. The van der Waals surface area contributed by atoms with Crippen LogP contribution in [0.4, 0.5) is 5.69 Å². The van der Waals surface area contributed by atoms with Gasteiger partial charge in [-0.3, -0.25) is 5.41 Å². The average molecular weight is 308 g/mol. The van der Waals surface area contributed by atoms with Crippen molar-refractivity contribution < 1.29 is 0 Å². The lowest BCUT2D eigenvalue weighted by molar-refractivity contribution is 1.50. The molecule has 72 valence electrons. The molecule has 0 amide bonds. The van der Waals surface area contributed by atoms with Gasteiger partial charge in [0.2, 0.25) is 0 Å². The Bertz CT molecular complexity index is 251. The van der Waals surface area contributed by atoms with Crippen LogP contribution in [0.5, 0.6) is 0 Å². The van der Waals surface area contributed by atoms with E-state index in [2.05, 4.69) is 5.32 Å². The quantitative estimate of drug-likeness (QED) is 0.499. The summed E-state index contributed by atoms with van der Waals surface area (Å²) >= 11 is 1.50. The number of hydrogen-bond donors (Lipinski definition) is 2. The highest BCUT2D eigenvalue weighted by molar-refractivity contribution is 14.0. The van der Waals surface area contributed by atoms with Gasteiger partial charge in [0.25, 0.3) is 0 Å². The monoisotopic (exact) mass is 308 g/mol. The molecule has 0 atom stereocenters. The Morgan fingerprint density at radius 1 is 1.38 bits per heavy atom. The molecule has 0 aromatic heterocycles. The third-order valence-corrected chi connectivity index (χ3v) is 2.00. The van der Waals surface area contributed by atoms with E-state index in [4.69, 9.17) is 5.41 Å². The molecule has 0 unspecified atom stereocenters. The maximum Gasteiger partial charge on any atom is 0.158 e. The maximum atomic E-state index is 7.48. The third-order valence-electron chi connectivity index (χ3n) is 1.32. The van der Waals surface area contributed by atoms with Crippen molar-refractivity contribution in [2.24, 2.45) is 0 Å². The molecule has 2 nitrogen and oxygen atoms in total. The van der Waals surface area contributed by atoms with Gasteiger partial charge < -0.3 is 5.32 Å². The summed E-state index contributed by atoms with van der Waals surface area (Å²) in [5.74, 6) is 0.929. The van der Waals surface area contributed by atoms with E-state index in [-0.39, 0.29) is 24.0 Å². The minimum atomic E-state index is 0. The van der Waals surface area contributed by atoms with Gasteiger partial charge in [0, 0.05) is 5.69 Å². The van der Waals surface area contributed by atoms with Gasteiger partial charge in [-0.05, 0) is 17.9 Å². The first-order valence-corrected chi connectivity index (χ1v) is 4.85. The molecule has 0 spiro atoms. The van der Waals surface area contributed by atoms with E-state index in [9.17, 15) is 0 Å². The van der Waals surface area contributed by atoms with E-state index in [1.165, 1.54) is 11.8 Å². The molecule has 0 bridgehead atoms. The van der Waals surface area contributed by atoms with E-state index >= 15 is 0 Å². The molecule has 0 radical (unpaired) electrons. The summed E-state index contributed by atoms with van der Waals surface area (Å²) in [4.78, 5) is 0. The largest absolute Gasteiger partial charge is 0.335 e. The molecule has 2 N–H and O–H groups in total. The van der Waals surface area contributed by atoms with Crippen LogP contribution in [0.2, 0.25) is 0 Å². The number of para-hydroxylation sites is 1. The number of rotatable bonds is 2. The van der Waals surface area contributed by atoms with Gasteiger partial charge in [0.15, 0.2) is 5.17 Å². The number of amidine groups is 1. The second kappa shape index (κ2) is 7.20. The first kappa shape index (κ1) is 12.8. The Hall–Kier alpha value is -0.230. The number of nitrogens with one attached hydrogen (secondary N) is 2. The van der Waals surface area contributed by atoms with Crippen LogP contribution in [0, 0.1) is 5.41 Å². The van der Waals surface area contributed by atoms with Crippen molar-refractivity contribution in [1.82, 2.24) is 0 Å². The Labute approximate surface area is 100 Å². The van der Waals surface area contributed by atoms with Crippen LogP contribution >= 0.6 is 35.7 Å². The molecule has 0 heterocycles. The Morgan fingerprint density at radius 3 is 2.54 bits per heavy atom. The van der Waals surface area contributed by atoms with Crippen molar-refractivity contribution >= 4 is 46.6 Å². The Balaban J connectivity index is 0.00000144. The topological polar surface area (TPSA) is 35.9 Å². The van der Waals surface area contributed by atoms with Gasteiger partial charge in [-0.1, -0.05) is 36.9 Å². The normalized spacial score (nSPS) is 8.69. The first-order valence-electron chi connectivity index (χ1n) is 3.86. The zero-order chi connectivity index (χ0) is 8.81. The summed E-state index contributed by atoms with van der Waals surface area (Å²) in [6.45, 7) is 2.03. The summed E-state index contributed by atoms with van der Waals surface area (Å²) in [6.07, 6.45) is 0. The predicted octanol–water partition coefficient (Wildman–Crippen LogP) is 3.40. The van der Waals surface area contributed by atoms with Crippen molar-refractivity contribution in [1.29, 1.82) is 5.41 Å². The second-order valence-corrected chi connectivity index (χ2v) is 3.53. The molecule has 4 heteroatoms. The lowest BCUT2D eigenvalue weighted by atomic mass is 10.3. The summed E-state index contributed by atoms with van der Waals surface area (Å²) in [7, 11) is 0. The highest BCUT2D eigenvalue weighted by Gasteiger charge is 1.94. The SMILES string of the molecule is CCSC(=N)Nc1ccccc1.I. The van der Waals surface area contributed by atoms with Gasteiger partial charge in [-0.15, -0.1) is 24.0 Å². The second-order valence-electron chi connectivity index (χ2n) is 2.25. The van der Waals surface area contributed by atoms with E-state index in [1.807, 2.05) is 37.3 Å². The summed E-state index contributed by atoms with van der Waals surface area (Å²) in [5.41, 5.74) is 0.975. The molecule has 1 rings (SSSR count). The lowest BCUT2D eigenvalue weighted by Crippen LogP contribution is -2.05. The fourth-order valence-corrected chi connectivity index (χ4v) is 1.31. The fraction of sp³-hybridized carbons (Fsp3) is 0.222. The molecule has 0 saturated carbocycles. The van der Waals surface area contributed by atoms with Crippen molar-refractivity contribution in [3.63, 3.8) is 0 Å². The van der Waals surface area contributed by atoms with Crippen molar-refractivity contribution in [3.8, 4) is 0 Å². The molecule has 1 aromatic carbocycles. The van der Waals surface area contributed by atoms with Crippen LogP contribution in [0.25, 0.3) is 0 Å². The summed E-state index contributed by atoms with van der Waals surface area (Å²) < 4.78 is 0. The van der Waals surface area contributed by atoms with Gasteiger partial charge in [-0.25, -0.2) is 0 Å². The molecular formula is C9H13IN2S. The van der Waals surface area contributed by atoms with Crippen LogP contribution in [-0.2, 0) is 0 Å². The van der Waals surface area contributed by atoms with Gasteiger partial charge in [-0.2, -0.15) is 0 Å². The van der Waals surface area contributed by atoms with Crippen molar-refractivity contribution in [3.05, 3.63) is 30.3 Å². The summed E-state index contributed by atoms with van der Waals surface area (Å²) in [5, 5.41) is 11.0. The predicted molar refractivity (Wildman–Crippen MR) is 71.3 cm³/mol. The van der Waals surface area contributed by atoms with E-state index in [0.717, 1.165) is 11.4 Å². The minimum Gasteiger partial charge on any atom is -0.335 e. The third kappa shape index (κ3) is 5.15. The zero-order valence-electron chi connectivity index (χ0n) is 7.41. The highest BCUT2D eigenvalue weighted by atomic mass is 127. The van der Waals surface area contributed by atoms with Crippen LogP contribution < -0.4 is 5.32 Å². The smallest absolute Gasteiger partial charge is 0.158 e. The van der Waals surface area contributed by atoms with Gasteiger partial charge in [0.05, 0.1) is 0 Å². The minimum absolute atomic E-state index is 0. The Morgan fingerprint density at radius 2 is 2.00 bits per heavy atom. The molecule has 0 aliphatic carbocycles. The van der Waals surface area contributed by atoms with E-state index in [1.54, 1.807) is 0 Å². The van der Waals surface area contributed by atoms with Gasteiger partial charge >= 0.3 is 0 Å². The van der Waals surface area contributed by atoms with Crippen LogP contribution in [0.1, 0.15) is 6.92 Å². The molecular weight excluding hydrogens is 295 g/mol. The van der Waals surface area contributed by atoms with Crippen LogP contribution in [0.3, 0.4) is 0 Å². The number of benzene rings is 1. The number of halogens is 1. The molecule has 0 aliphatic rings. The number of anilines is 1. The molecule has 0 aliphatic heterocycles. The van der Waals surface area contributed by atoms with E-state index in [0.29, 0.717) is 5.17 Å². The standard InChI is InChI=1S/C9H12N2S.HI/c1-2-12-9(10)11-8-6-4-3-5-7-8;/h3-7H,2H2,1H3,(H2,10,11);1H. The van der Waals surface area contributed by atoms with Crippen LogP contribution in [0.15, 0.2) is 30.3 Å². The van der Waals surface area contributed by atoms with Crippen LogP contribution in [-0.4, -0.2) is 10.9 Å². The van der Waals surface area contributed by atoms with Crippen molar-refractivity contribution in [2.75, 3.05) is 11.1 Å². The average Bonchev–Trinajstić information content (AvgIpc) is 2.06. The lowest BCUT2D eigenvalue weighted by Gasteiger charge is -2.04. The van der Waals surface area contributed by atoms with Crippen molar-refractivity contribution in [2.45, 2.75) is 6.92 Å². The highest BCUT2D eigenvalue weighted by Crippen LogP contribution is 2.09. The van der Waals surface area contributed by atoms with E-state index < -0.39 is 0 Å². The molecule has 1 aromatic rings. The summed E-state index contributed by atoms with van der Waals surface area (Å²) in [6, 6.07) is 9.76. The zero-order valence-corrected chi connectivity index (χ0v) is 10.6.